The normalized spacial score (nSPS) is 12.4. The molecular formula is C15H14BrClFN. The first kappa shape index (κ1) is 14.5. The first-order valence-electron chi connectivity index (χ1n) is 5.99. The van der Waals surface area contributed by atoms with Crippen molar-refractivity contribution in [3.8, 4) is 0 Å². The van der Waals surface area contributed by atoms with Crippen LogP contribution < -0.4 is 5.32 Å². The van der Waals surface area contributed by atoms with Gasteiger partial charge in [0.1, 0.15) is 5.82 Å². The summed E-state index contributed by atoms with van der Waals surface area (Å²) in [7, 11) is 0. The molecule has 0 saturated carbocycles. The van der Waals surface area contributed by atoms with E-state index in [1.807, 2.05) is 31.2 Å². The highest BCUT2D eigenvalue weighted by Gasteiger charge is 2.08. The molecule has 0 aromatic heterocycles. The third-order valence-corrected chi connectivity index (χ3v) is 3.98. The lowest BCUT2D eigenvalue weighted by Gasteiger charge is -2.15. The minimum Gasteiger partial charge on any atom is -0.306 e. The minimum atomic E-state index is -0.248. The van der Waals surface area contributed by atoms with Gasteiger partial charge in [-0.05, 0) is 52.2 Å². The van der Waals surface area contributed by atoms with Gasteiger partial charge in [0.15, 0.2) is 0 Å². The van der Waals surface area contributed by atoms with Crippen molar-refractivity contribution in [2.75, 3.05) is 0 Å². The molecule has 2 rings (SSSR count). The molecule has 0 fully saturated rings. The van der Waals surface area contributed by atoms with Gasteiger partial charge in [-0.15, -0.1) is 0 Å². The number of rotatable bonds is 4. The molecule has 1 unspecified atom stereocenters. The molecule has 1 atom stereocenters. The second kappa shape index (κ2) is 6.51. The lowest BCUT2D eigenvalue weighted by molar-refractivity contribution is 0.570. The first-order valence-corrected chi connectivity index (χ1v) is 7.17. The zero-order valence-corrected chi connectivity index (χ0v) is 12.8. The second-order valence-electron chi connectivity index (χ2n) is 4.37. The molecule has 2 aromatic carbocycles. The van der Waals surface area contributed by atoms with E-state index < -0.39 is 0 Å². The Labute approximate surface area is 125 Å². The van der Waals surface area contributed by atoms with Crippen molar-refractivity contribution in [3.05, 3.63) is 68.9 Å². The molecule has 0 bridgehead atoms. The van der Waals surface area contributed by atoms with Crippen LogP contribution in [0.5, 0.6) is 0 Å². The zero-order chi connectivity index (χ0) is 13.8. The summed E-state index contributed by atoms with van der Waals surface area (Å²) in [5.41, 5.74) is 2.08. The highest BCUT2D eigenvalue weighted by Crippen LogP contribution is 2.22. The Morgan fingerprint density at radius 1 is 1.26 bits per heavy atom. The van der Waals surface area contributed by atoms with Gasteiger partial charge in [-0.25, -0.2) is 4.39 Å². The molecule has 1 N–H and O–H groups in total. The van der Waals surface area contributed by atoms with E-state index >= 15 is 0 Å². The van der Waals surface area contributed by atoms with Gasteiger partial charge in [-0.3, -0.25) is 0 Å². The lowest BCUT2D eigenvalue weighted by Crippen LogP contribution is -2.18. The molecule has 0 aliphatic rings. The van der Waals surface area contributed by atoms with Crippen molar-refractivity contribution >= 4 is 27.5 Å². The fraction of sp³-hybridized carbons (Fsp3) is 0.200. The van der Waals surface area contributed by atoms with E-state index in [9.17, 15) is 4.39 Å². The van der Waals surface area contributed by atoms with Gasteiger partial charge in [0.05, 0.1) is 4.47 Å². The standard InChI is InChI=1S/C15H14BrClFN/c1-10(11-6-7-15(18)13(16)8-11)19-9-12-4-2-3-5-14(12)17/h2-8,10,19H,9H2,1H3. The molecule has 0 spiro atoms. The summed E-state index contributed by atoms with van der Waals surface area (Å²) in [5.74, 6) is -0.248. The van der Waals surface area contributed by atoms with Gasteiger partial charge in [0.2, 0.25) is 0 Å². The predicted octanol–water partition coefficient (Wildman–Crippen LogP) is 5.09. The highest BCUT2D eigenvalue weighted by atomic mass is 79.9. The maximum Gasteiger partial charge on any atom is 0.137 e. The maximum absolute atomic E-state index is 13.2. The van der Waals surface area contributed by atoms with Crippen LogP contribution in [-0.2, 0) is 6.54 Å². The number of benzene rings is 2. The SMILES string of the molecule is CC(NCc1ccccc1Cl)c1ccc(F)c(Br)c1. The third-order valence-electron chi connectivity index (χ3n) is 3.00. The molecule has 0 aliphatic heterocycles. The summed E-state index contributed by atoms with van der Waals surface area (Å²) < 4.78 is 13.7. The Morgan fingerprint density at radius 2 is 2.00 bits per heavy atom. The summed E-state index contributed by atoms with van der Waals surface area (Å²) in [6, 6.07) is 12.9. The minimum absolute atomic E-state index is 0.119. The quantitative estimate of drug-likeness (QED) is 0.816. The Kier molecular flexibility index (Phi) is 4.97. The number of hydrogen-bond acceptors (Lipinski definition) is 1. The van der Waals surface area contributed by atoms with Gasteiger partial charge in [-0.1, -0.05) is 35.9 Å². The van der Waals surface area contributed by atoms with E-state index in [-0.39, 0.29) is 11.9 Å². The topological polar surface area (TPSA) is 12.0 Å². The van der Waals surface area contributed by atoms with Crippen molar-refractivity contribution < 1.29 is 4.39 Å². The molecule has 0 aliphatic carbocycles. The van der Waals surface area contributed by atoms with Crippen molar-refractivity contribution in [2.45, 2.75) is 19.5 Å². The van der Waals surface area contributed by atoms with E-state index in [2.05, 4.69) is 21.2 Å². The fourth-order valence-corrected chi connectivity index (χ4v) is 2.40. The van der Waals surface area contributed by atoms with Crippen LogP contribution in [-0.4, -0.2) is 0 Å². The van der Waals surface area contributed by atoms with E-state index in [0.717, 1.165) is 16.1 Å². The molecule has 2 aromatic rings. The molecule has 100 valence electrons. The average Bonchev–Trinajstić information content (AvgIpc) is 2.40. The van der Waals surface area contributed by atoms with Crippen LogP contribution in [0.25, 0.3) is 0 Å². The average molecular weight is 343 g/mol. The van der Waals surface area contributed by atoms with Crippen LogP contribution in [0.3, 0.4) is 0 Å². The van der Waals surface area contributed by atoms with Crippen LogP contribution in [0.1, 0.15) is 24.1 Å². The maximum atomic E-state index is 13.2. The monoisotopic (exact) mass is 341 g/mol. The van der Waals surface area contributed by atoms with Crippen molar-refractivity contribution in [2.24, 2.45) is 0 Å². The van der Waals surface area contributed by atoms with Crippen molar-refractivity contribution in [3.63, 3.8) is 0 Å². The Bertz CT molecular complexity index is 574. The van der Waals surface area contributed by atoms with Crippen LogP contribution >= 0.6 is 27.5 Å². The molecule has 19 heavy (non-hydrogen) atoms. The second-order valence-corrected chi connectivity index (χ2v) is 5.63. The molecule has 0 radical (unpaired) electrons. The van der Waals surface area contributed by atoms with Crippen molar-refractivity contribution in [1.82, 2.24) is 5.32 Å². The number of hydrogen-bond donors (Lipinski definition) is 1. The van der Waals surface area contributed by atoms with Gasteiger partial charge in [0.25, 0.3) is 0 Å². The van der Waals surface area contributed by atoms with Gasteiger partial charge < -0.3 is 5.32 Å². The zero-order valence-electron chi connectivity index (χ0n) is 10.5. The molecular weight excluding hydrogens is 329 g/mol. The van der Waals surface area contributed by atoms with Crippen LogP contribution in [0.4, 0.5) is 4.39 Å². The van der Waals surface area contributed by atoms with E-state index in [1.54, 1.807) is 12.1 Å². The Balaban J connectivity index is 2.03. The lowest BCUT2D eigenvalue weighted by atomic mass is 10.1. The van der Waals surface area contributed by atoms with Crippen LogP contribution in [0.2, 0.25) is 5.02 Å². The molecule has 0 heterocycles. The molecule has 1 nitrogen and oxygen atoms in total. The highest BCUT2D eigenvalue weighted by molar-refractivity contribution is 9.10. The van der Waals surface area contributed by atoms with Crippen molar-refractivity contribution in [1.29, 1.82) is 0 Å². The van der Waals surface area contributed by atoms with Gasteiger partial charge in [-0.2, -0.15) is 0 Å². The summed E-state index contributed by atoms with van der Waals surface area (Å²) in [4.78, 5) is 0. The van der Waals surface area contributed by atoms with E-state index in [0.29, 0.717) is 11.0 Å². The molecule has 0 amide bonds. The number of nitrogens with one attached hydrogen (secondary N) is 1. The first-order chi connectivity index (χ1) is 9.08. The van der Waals surface area contributed by atoms with Crippen LogP contribution in [0.15, 0.2) is 46.9 Å². The van der Waals surface area contributed by atoms with Crippen LogP contribution in [0, 0.1) is 5.82 Å². The van der Waals surface area contributed by atoms with Gasteiger partial charge >= 0.3 is 0 Å². The smallest absolute Gasteiger partial charge is 0.137 e. The third kappa shape index (κ3) is 3.78. The molecule has 4 heteroatoms. The summed E-state index contributed by atoms with van der Waals surface area (Å²) in [6.07, 6.45) is 0. The van der Waals surface area contributed by atoms with E-state index in [4.69, 9.17) is 11.6 Å². The Hall–Kier alpha value is -0.900. The summed E-state index contributed by atoms with van der Waals surface area (Å²) >= 11 is 9.30. The summed E-state index contributed by atoms with van der Waals surface area (Å²) in [5, 5.41) is 4.13. The van der Waals surface area contributed by atoms with E-state index in [1.165, 1.54) is 6.07 Å². The summed E-state index contributed by atoms with van der Waals surface area (Å²) in [6.45, 7) is 2.71. The molecule has 0 saturated heterocycles. The Morgan fingerprint density at radius 3 is 2.68 bits per heavy atom. The fourth-order valence-electron chi connectivity index (χ4n) is 1.80. The van der Waals surface area contributed by atoms with Gasteiger partial charge in [0, 0.05) is 17.6 Å². The number of halogens is 3. The predicted molar refractivity (Wildman–Crippen MR) is 80.8 cm³/mol. The largest absolute Gasteiger partial charge is 0.306 e.